The van der Waals surface area contributed by atoms with E-state index in [2.05, 4.69) is 25.2 Å². The monoisotopic (exact) mass is 295 g/mol. The molecule has 112 valence electrons. The molecule has 1 N–H and O–H groups in total. The van der Waals surface area contributed by atoms with Crippen LogP contribution >= 0.6 is 11.6 Å². The molecule has 0 aliphatic heterocycles. The minimum atomic E-state index is 0.590. The van der Waals surface area contributed by atoms with Gasteiger partial charge in [-0.2, -0.15) is 0 Å². The maximum atomic E-state index is 6.29. The van der Waals surface area contributed by atoms with Crippen LogP contribution in [0.2, 0.25) is 5.02 Å². The van der Waals surface area contributed by atoms with Crippen molar-refractivity contribution in [2.45, 2.75) is 58.4 Å². The predicted octanol–water partition coefficient (Wildman–Crippen LogP) is 5.51. The maximum absolute atomic E-state index is 6.29. The van der Waals surface area contributed by atoms with Crippen molar-refractivity contribution in [1.82, 2.24) is 0 Å². The molecule has 0 radical (unpaired) electrons. The molecular formula is C17H26ClNO. The van der Waals surface area contributed by atoms with Gasteiger partial charge in [0, 0.05) is 11.7 Å². The second-order valence-electron chi connectivity index (χ2n) is 5.70. The molecule has 1 aromatic carbocycles. The van der Waals surface area contributed by atoms with Crippen LogP contribution in [-0.2, 0) is 0 Å². The van der Waals surface area contributed by atoms with Crippen molar-refractivity contribution >= 4 is 17.3 Å². The van der Waals surface area contributed by atoms with Crippen LogP contribution in [0.3, 0.4) is 0 Å². The van der Waals surface area contributed by atoms with Gasteiger partial charge in [-0.15, -0.1) is 0 Å². The zero-order valence-electron chi connectivity index (χ0n) is 12.6. The molecule has 0 heterocycles. The Labute approximate surface area is 127 Å². The van der Waals surface area contributed by atoms with E-state index in [0.717, 1.165) is 23.8 Å². The highest BCUT2D eigenvalue weighted by molar-refractivity contribution is 6.32. The standard InChI is InChI=1S/C17H26ClNO/c1-3-11-20-17-10-9-14(12-15(17)18)19-16-8-6-5-7-13(16)4-2/h9-10,12-13,16,19H,3-8,11H2,1-2H3. The number of nitrogens with one attached hydrogen (secondary N) is 1. The fourth-order valence-electron chi connectivity index (χ4n) is 3.02. The molecule has 0 saturated heterocycles. The molecule has 3 heteroatoms. The summed E-state index contributed by atoms with van der Waals surface area (Å²) >= 11 is 6.29. The number of halogens is 1. The summed E-state index contributed by atoms with van der Waals surface area (Å²) in [6.45, 7) is 5.10. The Morgan fingerprint density at radius 2 is 2.05 bits per heavy atom. The molecule has 2 atom stereocenters. The lowest BCUT2D eigenvalue weighted by Crippen LogP contribution is -2.31. The first-order valence-electron chi connectivity index (χ1n) is 7.93. The molecule has 2 nitrogen and oxygen atoms in total. The molecule has 1 aliphatic carbocycles. The summed E-state index contributed by atoms with van der Waals surface area (Å²) in [5.74, 6) is 1.58. The Balaban J connectivity index is 2.00. The second-order valence-corrected chi connectivity index (χ2v) is 6.10. The lowest BCUT2D eigenvalue weighted by molar-refractivity contribution is 0.315. The van der Waals surface area contributed by atoms with E-state index in [1.165, 1.54) is 32.1 Å². The molecule has 2 rings (SSSR count). The van der Waals surface area contributed by atoms with Crippen molar-refractivity contribution in [3.8, 4) is 5.75 Å². The van der Waals surface area contributed by atoms with E-state index in [1.807, 2.05) is 12.1 Å². The van der Waals surface area contributed by atoms with Crippen LogP contribution in [0.4, 0.5) is 5.69 Å². The Kier molecular flexibility index (Phi) is 6.03. The van der Waals surface area contributed by atoms with Crippen LogP contribution in [0.15, 0.2) is 18.2 Å². The van der Waals surface area contributed by atoms with Crippen molar-refractivity contribution in [2.75, 3.05) is 11.9 Å². The number of ether oxygens (including phenoxy) is 1. The fraction of sp³-hybridized carbons (Fsp3) is 0.647. The van der Waals surface area contributed by atoms with Gasteiger partial charge in [0.2, 0.25) is 0 Å². The molecule has 1 aliphatic rings. The van der Waals surface area contributed by atoms with Crippen LogP contribution in [0, 0.1) is 5.92 Å². The fourth-order valence-corrected chi connectivity index (χ4v) is 3.26. The van der Waals surface area contributed by atoms with Crippen LogP contribution in [-0.4, -0.2) is 12.6 Å². The molecule has 0 bridgehead atoms. The second kappa shape index (κ2) is 7.78. The first-order valence-corrected chi connectivity index (χ1v) is 8.31. The Hall–Kier alpha value is -0.890. The molecule has 1 saturated carbocycles. The van der Waals surface area contributed by atoms with Gasteiger partial charge in [-0.25, -0.2) is 0 Å². The summed E-state index contributed by atoms with van der Waals surface area (Å²) < 4.78 is 5.61. The van der Waals surface area contributed by atoms with Crippen LogP contribution in [0.5, 0.6) is 5.75 Å². The highest BCUT2D eigenvalue weighted by Crippen LogP contribution is 2.32. The third kappa shape index (κ3) is 4.05. The minimum Gasteiger partial charge on any atom is -0.492 e. The normalized spacial score (nSPS) is 22.6. The number of benzene rings is 1. The van der Waals surface area contributed by atoms with E-state index in [1.54, 1.807) is 0 Å². The number of hydrogen-bond donors (Lipinski definition) is 1. The van der Waals surface area contributed by atoms with Gasteiger partial charge in [0.1, 0.15) is 5.75 Å². The molecule has 20 heavy (non-hydrogen) atoms. The summed E-state index contributed by atoms with van der Waals surface area (Å²) in [5.41, 5.74) is 1.11. The summed E-state index contributed by atoms with van der Waals surface area (Å²) in [6.07, 6.45) is 7.57. The Morgan fingerprint density at radius 1 is 1.25 bits per heavy atom. The summed E-state index contributed by atoms with van der Waals surface area (Å²) in [6, 6.07) is 6.64. The van der Waals surface area contributed by atoms with Crippen molar-refractivity contribution in [3.05, 3.63) is 23.2 Å². The first kappa shape index (κ1) is 15.5. The molecular weight excluding hydrogens is 270 g/mol. The zero-order valence-corrected chi connectivity index (χ0v) is 13.4. The SMILES string of the molecule is CCCOc1ccc(NC2CCCCC2CC)cc1Cl. The highest BCUT2D eigenvalue weighted by Gasteiger charge is 2.23. The Bertz CT molecular complexity index is 421. The summed E-state index contributed by atoms with van der Waals surface area (Å²) in [5, 5.41) is 4.37. The average Bonchev–Trinajstić information content (AvgIpc) is 2.47. The van der Waals surface area contributed by atoms with Gasteiger partial charge >= 0.3 is 0 Å². The van der Waals surface area contributed by atoms with Gasteiger partial charge in [0.05, 0.1) is 11.6 Å². The van der Waals surface area contributed by atoms with Gasteiger partial charge in [-0.1, -0.05) is 44.7 Å². The van der Waals surface area contributed by atoms with E-state index in [0.29, 0.717) is 17.7 Å². The van der Waals surface area contributed by atoms with Gasteiger partial charge in [0.25, 0.3) is 0 Å². The van der Waals surface area contributed by atoms with Gasteiger partial charge in [0.15, 0.2) is 0 Å². The minimum absolute atomic E-state index is 0.590. The van der Waals surface area contributed by atoms with Crippen molar-refractivity contribution in [1.29, 1.82) is 0 Å². The molecule has 1 fully saturated rings. The molecule has 2 unspecified atom stereocenters. The third-order valence-corrected chi connectivity index (χ3v) is 4.47. The van der Waals surface area contributed by atoms with E-state index in [4.69, 9.17) is 16.3 Å². The van der Waals surface area contributed by atoms with E-state index in [-0.39, 0.29) is 0 Å². The molecule has 1 aromatic rings. The maximum Gasteiger partial charge on any atom is 0.138 e. The third-order valence-electron chi connectivity index (χ3n) is 4.18. The van der Waals surface area contributed by atoms with E-state index in [9.17, 15) is 0 Å². The van der Waals surface area contributed by atoms with Crippen molar-refractivity contribution < 1.29 is 4.74 Å². The van der Waals surface area contributed by atoms with Crippen molar-refractivity contribution in [2.24, 2.45) is 5.92 Å². The van der Waals surface area contributed by atoms with Crippen molar-refractivity contribution in [3.63, 3.8) is 0 Å². The lowest BCUT2D eigenvalue weighted by Gasteiger charge is -2.32. The predicted molar refractivity (Wildman–Crippen MR) is 86.9 cm³/mol. The van der Waals surface area contributed by atoms with Crippen LogP contribution < -0.4 is 10.1 Å². The first-order chi connectivity index (χ1) is 9.74. The Morgan fingerprint density at radius 3 is 2.75 bits per heavy atom. The smallest absolute Gasteiger partial charge is 0.138 e. The summed E-state index contributed by atoms with van der Waals surface area (Å²) in [7, 11) is 0. The van der Waals surface area contributed by atoms with Gasteiger partial charge in [-0.05, 0) is 43.4 Å². The van der Waals surface area contributed by atoms with Crippen LogP contribution in [0.1, 0.15) is 52.4 Å². The van der Waals surface area contributed by atoms with Gasteiger partial charge in [-0.3, -0.25) is 0 Å². The van der Waals surface area contributed by atoms with E-state index < -0.39 is 0 Å². The van der Waals surface area contributed by atoms with Gasteiger partial charge < -0.3 is 10.1 Å². The number of rotatable bonds is 6. The topological polar surface area (TPSA) is 21.3 Å². The molecule has 0 spiro atoms. The average molecular weight is 296 g/mol. The van der Waals surface area contributed by atoms with E-state index >= 15 is 0 Å². The quantitative estimate of drug-likeness (QED) is 0.747. The highest BCUT2D eigenvalue weighted by atomic mass is 35.5. The zero-order chi connectivity index (χ0) is 14.4. The molecule has 0 aromatic heterocycles. The lowest BCUT2D eigenvalue weighted by atomic mass is 9.83. The number of anilines is 1. The van der Waals surface area contributed by atoms with Crippen LogP contribution in [0.25, 0.3) is 0 Å². The summed E-state index contributed by atoms with van der Waals surface area (Å²) in [4.78, 5) is 0. The largest absolute Gasteiger partial charge is 0.492 e. The molecule has 0 amide bonds. The number of hydrogen-bond acceptors (Lipinski definition) is 2.